The van der Waals surface area contributed by atoms with E-state index in [4.69, 9.17) is 5.73 Å². The topological polar surface area (TPSA) is 93.8 Å². The van der Waals surface area contributed by atoms with Gasteiger partial charge in [-0.2, -0.15) is 13.2 Å². The third kappa shape index (κ3) is 7.37. The van der Waals surface area contributed by atoms with Gasteiger partial charge in [-0.1, -0.05) is 6.42 Å². The van der Waals surface area contributed by atoms with E-state index < -0.39 is 36.8 Å². The van der Waals surface area contributed by atoms with Crippen molar-refractivity contribution < 1.29 is 27.8 Å². The number of aliphatic hydroxyl groups excluding tert-OH is 2. The molecule has 0 aromatic heterocycles. The van der Waals surface area contributed by atoms with Crippen LogP contribution < -0.4 is 16.4 Å². The molecule has 4 saturated carbocycles. The first kappa shape index (κ1) is 29.5. The monoisotopic (exact) mass is 536 g/mol. The van der Waals surface area contributed by atoms with Crippen molar-refractivity contribution in [3.8, 4) is 0 Å². The second-order valence-corrected chi connectivity index (χ2v) is 12.5. The molecule has 10 atom stereocenters. The number of alkyl halides is 4. The van der Waals surface area contributed by atoms with Crippen LogP contribution in [0.2, 0.25) is 0 Å². The van der Waals surface area contributed by atoms with Crippen LogP contribution in [0.3, 0.4) is 0 Å². The Kier molecular flexibility index (Phi) is 9.82. The van der Waals surface area contributed by atoms with E-state index in [-0.39, 0.29) is 25.3 Å². The second kappa shape index (κ2) is 12.3. The number of fused-ring (bicyclic) bond motifs is 1. The number of halogens is 4. The van der Waals surface area contributed by atoms with Crippen LogP contribution in [0.25, 0.3) is 0 Å². The van der Waals surface area contributed by atoms with E-state index in [1.54, 1.807) is 6.92 Å². The Labute approximate surface area is 219 Å². The molecule has 0 amide bonds. The number of aliphatic hydroxyl groups is 2. The lowest BCUT2D eigenvalue weighted by Crippen LogP contribution is -2.57. The van der Waals surface area contributed by atoms with Crippen LogP contribution in [-0.4, -0.2) is 77.7 Å². The fourth-order valence-electron chi connectivity index (χ4n) is 7.74. The molecule has 10 heteroatoms. The van der Waals surface area contributed by atoms with Crippen molar-refractivity contribution in [2.75, 3.05) is 19.6 Å². The highest BCUT2D eigenvalue weighted by atomic mass is 19.4. The molecule has 0 saturated heterocycles. The van der Waals surface area contributed by atoms with Gasteiger partial charge in [0.15, 0.2) is 6.35 Å². The van der Waals surface area contributed by atoms with Gasteiger partial charge < -0.3 is 21.3 Å². The number of hydrogen-bond donors (Lipinski definition) is 5. The van der Waals surface area contributed by atoms with Crippen molar-refractivity contribution in [2.24, 2.45) is 28.9 Å². The number of nitrogens with zero attached hydrogens (tertiary/aromatic N) is 1. The van der Waals surface area contributed by atoms with Gasteiger partial charge in [-0.25, -0.2) is 4.39 Å². The smallest absolute Gasteiger partial charge is 0.393 e. The zero-order chi connectivity index (χ0) is 26.8. The Morgan fingerprint density at radius 1 is 1.03 bits per heavy atom. The molecule has 10 unspecified atom stereocenters. The maximum absolute atomic E-state index is 14.0. The summed E-state index contributed by atoms with van der Waals surface area (Å²) in [5.41, 5.74) is 6.69. The Hall–Kier alpha value is -0.520. The second-order valence-electron chi connectivity index (χ2n) is 12.5. The van der Waals surface area contributed by atoms with Gasteiger partial charge in [0.05, 0.1) is 12.0 Å². The minimum absolute atomic E-state index is 0.146. The highest BCUT2D eigenvalue weighted by Crippen LogP contribution is 2.68. The molecule has 6 N–H and O–H groups in total. The Morgan fingerprint density at radius 3 is 2.49 bits per heavy atom. The first-order valence-electron chi connectivity index (χ1n) is 14.5. The lowest BCUT2D eigenvalue weighted by molar-refractivity contribution is -0.202. The standard InChI is InChI=1S/C27H48F4N4O2/c1-17(36)8-10-33-11-12-35(25(37)34-21-5-6-24(28)23(15-21)27(29,30)31)22-7-9-26(16-19(26)14-22)18-3-2-4-20(32)13-18/h17-25,33-34,36-37H,2-16,32H2,1H3. The van der Waals surface area contributed by atoms with Gasteiger partial charge in [0, 0.05) is 31.2 Å². The first-order valence-corrected chi connectivity index (χ1v) is 14.5. The average molecular weight is 537 g/mol. The van der Waals surface area contributed by atoms with E-state index in [0.29, 0.717) is 49.3 Å². The van der Waals surface area contributed by atoms with E-state index in [0.717, 1.165) is 32.1 Å². The molecule has 0 radical (unpaired) electrons. The SMILES string of the molecule is CC(O)CCNCCN(C1CCC2(C3CCCC(N)C3)CC2C1)C(O)NC1CCC(F)C(C(F)(F)F)C1. The molecule has 0 spiro atoms. The minimum Gasteiger partial charge on any atom is -0.393 e. The summed E-state index contributed by atoms with van der Waals surface area (Å²) in [4.78, 5) is 2.01. The number of hydrogen-bond acceptors (Lipinski definition) is 6. The molecular formula is C27H48F4N4O2. The molecule has 4 rings (SSSR count). The van der Waals surface area contributed by atoms with E-state index in [9.17, 15) is 27.8 Å². The van der Waals surface area contributed by atoms with Crippen LogP contribution >= 0.6 is 0 Å². The highest BCUT2D eigenvalue weighted by Gasteiger charge is 2.61. The minimum atomic E-state index is -4.57. The molecule has 216 valence electrons. The van der Waals surface area contributed by atoms with Gasteiger partial charge in [0.2, 0.25) is 0 Å². The van der Waals surface area contributed by atoms with Crippen LogP contribution in [-0.2, 0) is 0 Å². The fourth-order valence-corrected chi connectivity index (χ4v) is 7.74. The van der Waals surface area contributed by atoms with E-state index >= 15 is 0 Å². The van der Waals surface area contributed by atoms with Crippen molar-refractivity contribution in [2.45, 2.75) is 127 Å². The van der Waals surface area contributed by atoms with Crippen LogP contribution in [0.5, 0.6) is 0 Å². The summed E-state index contributed by atoms with van der Waals surface area (Å²) < 4.78 is 54.0. The lowest BCUT2D eigenvalue weighted by Gasteiger charge is -2.44. The van der Waals surface area contributed by atoms with Gasteiger partial charge in [-0.05, 0) is 101 Å². The maximum atomic E-state index is 14.0. The van der Waals surface area contributed by atoms with Crippen LogP contribution in [0.1, 0.15) is 84.0 Å². The summed E-state index contributed by atoms with van der Waals surface area (Å²) >= 11 is 0. The molecule has 6 nitrogen and oxygen atoms in total. The summed E-state index contributed by atoms with van der Waals surface area (Å²) in [6.45, 7) is 3.55. The number of nitrogens with two attached hydrogens (primary N) is 1. The van der Waals surface area contributed by atoms with Gasteiger partial charge in [-0.15, -0.1) is 0 Å². The first-order chi connectivity index (χ1) is 17.5. The van der Waals surface area contributed by atoms with Gasteiger partial charge in [0.1, 0.15) is 6.17 Å². The van der Waals surface area contributed by atoms with E-state index in [2.05, 4.69) is 10.6 Å². The predicted octanol–water partition coefficient (Wildman–Crippen LogP) is 3.66. The lowest BCUT2D eigenvalue weighted by atomic mass is 9.69. The van der Waals surface area contributed by atoms with Crippen molar-refractivity contribution in [1.29, 1.82) is 0 Å². The maximum Gasteiger partial charge on any atom is 0.394 e. The van der Waals surface area contributed by atoms with Crippen molar-refractivity contribution >= 4 is 0 Å². The highest BCUT2D eigenvalue weighted by molar-refractivity contribution is 5.11. The molecule has 0 aromatic rings. The van der Waals surface area contributed by atoms with Gasteiger partial charge in [-0.3, -0.25) is 10.2 Å². The van der Waals surface area contributed by atoms with Gasteiger partial charge >= 0.3 is 6.18 Å². The zero-order valence-corrected chi connectivity index (χ0v) is 22.2. The molecule has 4 aliphatic carbocycles. The fraction of sp³-hybridized carbons (Fsp3) is 1.00. The Morgan fingerprint density at radius 2 is 1.81 bits per heavy atom. The zero-order valence-electron chi connectivity index (χ0n) is 22.2. The van der Waals surface area contributed by atoms with Crippen LogP contribution in [0.4, 0.5) is 17.6 Å². The quantitative estimate of drug-likeness (QED) is 0.157. The molecular weight excluding hydrogens is 488 g/mol. The third-order valence-corrected chi connectivity index (χ3v) is 9.95. The van der Waals surface area contributed by atoms with Crippen LogP contribution in [0.15, 0.2) is 0 Å². The van der Waals surface area contributed by atoms with Crippen molar-refractivity contribution in [1.82, 2.24) is 15.5 Å². The number of rotatable bonds is 11. The van der Waals surface area contributed by atoms with Crippen molar-refractivity contribution in [3.05, 3.63) is 0 Å². The average Bonchev–Trinajstić information content (AvgIpc) is 3.57. The molecule has 0 bridgehead atoms. The van der Waals surface area contributed by atoms with Crippen LogP contribution in [0, 0.1) is 23.2 Å². The predicted molar refractivity (Wildman–Crippen MR) is 135 cm³/mol. The van der Waals surface area contributed by atoms with Gasteiger partial charge in [0.25, 0.3) is 0 Å². The Bertz CT molecular complexity index is 729. The summed E-state index contributed by atoms with van der Waals surface area (Å²) in [5, 5.41) is 27.1. The van der Waals surface area contributed by atoms with E-state index in [1.165, 1.54) is 19.3 Å². The molecule has 4 aliphatic rings. The normalized spacial score (nSPS) is 40.3. The summed E-state index contributed by atoms with van der Waals surface area (Å²) in [7, 11) is 0. The van der Waals surface area contributed by atoms with E-state index in [1.807, 2.05) is 4.90 Å². The third-order valence-electron chi connectivity index (χ3n) is 9.95. The summed E-state index contributed by atoms with van der Waals surface area (Å²) in [6, 6.07) is -0.121. The largest absolute Gasteiger partial charge is 0.394 e. The molecule has 0 heterocycles. The molecule has 0 aromatic carbocycles. The summed E-state index contributed by atoms with van der Waals surface area (Å²) in [5.74, 6) is -0.669. The van der Waals surface area contributed by atoms with Crippen molar-refractivity contribution in [3.63, 3.8) is 0 Å². The number of nitrogens with one attached hydrogen (secondary N) is 2. The molecule has 0 aliphatic heterocycles. The molecule has 4 fully saturated rings. The Balaban J connectivity index is 1.36. The molecule has 37 heavy (non-hydrogen) atoms. The summed E-state index contributed by atoms with van der Waals surface area (Å²) in [6.07, 6.45) is 1.47.